The largest absolute Gasteiger partial charge is 0.311 e. The number of pyridine rings is 1. The van der Waals surface area contributed by atoms with E-state index in [1.54, 1.807) is 6.20 Å². The van der Waals surface area contributed by atoms with Gasteiger partial charge in [0.05, 0.1) is 0 Å². The molecule has 0 bridgehead atoms. The molecule has 0 fully saturated rings. The molecule has 1 aromatic heterocycles. The minimum Gasteiger partial charge on any atom is -0.311 e. The summed E-state index contributed by atoms with van der Waals surface area (Å²) in [4.78, 5) is 6.60. The van der Waals surface area contributed by atoms with Crippen LogP contribution in [0, 0.1) is 0 Å². The normalized spacial score (nSPS) is 10.8. The van der Waals surface area contributed by atoms with Gasteiger partial charge in [-0.05, 0) is 87.0 Å². The van der Waals surface area contributed by atoms with Crippen molar-refractivity contribution >= 4 is 17.1 Å². The number of anilines is 3. The fraction of sp³-hybridized carbons (Fsp3) is 0. The molecular formula is C41H30N2. The Bertz CT molecular complexity index is 1810. The van der Waals surface area contributed by atoms with Crippen molar-refractivity contribution in [1.29, 1.82) is 0 Å². The maximum Gasteiger partial charge on any atom is 0.0462 e. The highest BCUT2D eigenvalue weighted by Gasteiger charge is 2.14. The number of hydrogen-bond acceptors (Lipinski definition) is 2. The maximum absolute atomic E-state index is 4.29. The molecule has 7 rings (SSSR count). The van der Waals surface area contributed by atoms with Crippen LogP contribution in [0.5, 0.6) is 0 Å². The Morgan fingerprint density at radius 1 is 0.279 bits per heavy atom. The smallest absolute Gasteiger partial charge is 0.0462 e. The molecule has 204 valence electrons. The van der Waals surface area contributed by atoms with E-state index in [-0.39, 0.29) is 0 Å². The van der Waals surface area contributed by atoms with E-state index < -0.39 is 0 Å². The third-order valence-corrected chi connectivity index (χ3v) is 7.80. The van der Waals surface area contributed by atoms with Gasteiger partial charge < -0.3 is 4.90 Å². The van der Waals surface area contributed by atoms with E-state index in [0.29, 0.717) is 0 Å². The number of aromatic nitrogens is 1. The summed E-state index contributed by atoms with van der Waals surface area (Å²) >= 11 is 0. The van der Waals surface area contributed by atoms with Gasteiger partial charge in [-0.1, -0.05) is 127 Å². The van der Waals surface area contributed by atoms with E-state index >= 15 is 0 Å². The van der Waals surface area contributed by atoms with E-state index in [9.17, 15) is 0 Å². The summed E-state index contributed by atoms with van der Waals surface area (Å²) in [5.74, 6) is 0. The summed E-state index contributed by atoms with van der Waals surface area (Å²) in [6.45, 7) is 0. The average molecular weight is 551 g/mol. The Labute approximate surface area is 253 Å². The Morgan fingerprint density at radius 2 is 0.581 bits per heavy atom. The Kier molecular flexibility index (Phi) is 7.32. The van der Waals surface area contributed by atoms with Crippen LogP contribution >= 0.6 is 0 Å². The molecule has 2 heteroatoms. The molecule has 1 heterocycles. The summed E-state index contributed by atoms with van der Waals surface area (Å²) in [5.41, 5.74) is 12.8. The van der Waals surface area contributed by atoms with Gasteiger partial charge in [0.1, 0.15) is 0 Å². The Balaban J connectivity index is 1.22. The highest BCUT2D eigenvalue weighted by molar-refractivity contribution is 5.81. The third kappa shape index (κ3) is 5.72. The fourth-order valence-electron chi connectivity index (χ4n) is 5.51. The van der Waals surface area contributed by atoms with Crippen molar-refractivity contribution < 1.29 is 0 Å². The van der Waals surface area contributed by atoms with Crippen LogP contribution in [0.15, 0.2) is 182 Å². The zero-order chi connectivity index (χ0) is 28.8. The molecule has 2 nitrogen and oxygen atoms in total. The van der Waals surface area contributed by atoms with Crippen molar-refractivity contribution in [2.75, 3.05) is 4.90 Å². The summed E-state index contributed by atoms with van der Waals surface area (Å²) < 4.78 is 0. The van der Waals surface area contributed by atoms with Crippen LogP contribution in [-0.2, 0) is 0 Å². The second-order valence-electron chi connectivity index (χ2n) is 10.5. The number of rotatable bonds is 7. The van der Waals surface area contributed by atoms with Crippen molar-refractivity contribution in [2.24, 2.45) is 0 Å². The summed E-state index contributed by atoms with van der Waals surface area (Å²) in [6.07, 6.45) is 3.71. The molecule has 0 amide bonds. The SMILES string of the molecule is c1ccc(-c2ccc(-c3ccc(N(c4ccc(-c5ccccc5)cc4)c4ccc(-c5cccnc5)cc4)cc3)cc2)cc1. The first-order chi connectivity index (χ1) is 21.3. The topological polar surface area (TPSA) is 16.1 Å². The lowest BCUT2D eigenvalue weighted by atomic mass is 10.00. The molecule has 0 aliphatic heterocycles. The lowest BCUT2D eigenvalue weighted by molar-refractivity contribution is 1.28. The van der Waals surface area contributed by atoms with Gasteiger partial charge in [0.25, 0.3) is 0 Å². The molecule has 43 heavy (non-hydrogen) atoms. The molecule has 0 unspecified atom stereocenters. The zero-order valence-electron chi connectivity index (χ0n) is 23.7. The van der Waals surface area contributed by atoms with Crippen LogP contribution in [0.25, 0.3) is 44.5 Å². The highest BCUT2D eigenvalue weighted by atomic mass is 15.1. The second-order valence-corrected chi connectivity index (χ2v) is 10.5. The van der Waals surface area contributed by atoms with Crippen LogP contribution in [0.4, 0.5) is 17.1 Å². The van der Waals surface area contributed by atoms with Crippen LogP contribution in [0.3, 0.4) is 0 Å². The quantitative estimate of drug-likeness (QED) is 0.196. The molecule has 7 aromatic rings. The highest BCUT2D eigenvalue weighted by Crippen LogP contribution is 2.37. The first-order valence-corrected chi connectivity index (χ1v) is 14.5. The molecule has 0 spiro atoms. The summed E-state index contributed by atoms with van der Waals surface area (Å²) in [5, 5.41) is 0. The van der Waals surface area contributed by atoms with Crippen molar-refractivity contribution in [3.8, 4) is 44.5 Å². The van der Waals surface area contributed by atoms with Gasteiger partial charge in [-0.25, -0.2) is 0 Å². The predicted octanol–water partition coefficient (Wildman–Crippen LogP) is 11.2. The van der Waals surface area contributed by atoms with Crippen LogP contribution in [0.2, 0.25) is 0 Å². The lowest BCUT2D eigenvalue weighted by Gasteiger charge is -2.26. The lowest BCUT2D eigenvalue weighted by Crippen LogP contribution is -2.09. The van der Waals surface area contributed by atoms with Gasteiger partial charge in [0.15, 0.2) is 0 Å². The van der Waals surface area contributed by atoms with E-state index in [4.69, 9.17) is 0 Å². The minimum absolute atomic E-state index is 1.10. The molecule has 0 saturated heterocycles. The third-order valence-electron chi connectivity index (χ3n) is 7.80. The van der Waals surface area contributed by atoms with Crippen LogP contribution < -0.4 is 4.90 Å². The van der Waals surface area contributed by atoms with Gasteiger partial charge in [-0.3, -0.25) is 4.98 Å². The van der Waals surface area contributed by atoms with Crippen molar-refractivity contribution in [2.45, 2.75) is 0 Å². The van der Waals surface area contributed by atoms with Crippen molar-refractivity contribution in [3.05, 3.63) is 182 Å². The minimum atomic E-state index is 1.10. The first-order valence-electron chi connectivity index (χ1n) is 14.5. The second kappa shape index (κ2) is 12.0. The molecule has 6 aromatic carbocycles. The fourth-order valence-corrected chi connectivity index (χ4v) is 5.51. The van der Waals surface area contributed by atoms with Crippen molar-refractivity contribution in [3.63, 3.8) is 0 Å². The Morgan fingerprint density at radius 3 is 0.930 bits per heavy atom. The maximum atomic E-state index is 4.29. The van der Waals surface area contributed by atoms with Gasteiger partial charge >= 0.3 is 0 Å². The van der Waals surface area contributed by atoms with Gasteiger partial charge in [0, 0.05) is 29.5 Å². The molecule has 0 radical (unpaired) electrons. The van der Waals surface area contributed by atoms with Crippen molar-refractivity contribution in [1.82, 2.24) is 4.98 Å². The first kappa shape index (κ1) is 26.2. The molecule has 0 atom stereocenters. The van der Waals surface area contributed by atoms with E-state index in [0.717, 1.165) is 28.2 Å². The Hall–Kier alpha value is -5.73. The number of benzene rings is 6. The molecule has 0 aliphatic carbocycles. The van der Waals surface area contributed by atoms with Gasteiger partial charge in [-0.15, -0.1) is 0 Å². The molecular weight excluding hydrogens is 520 g/mol. The number of hydrogen-bond donors (Lipinski definition) is 0. The van der Waals surface area contributed by atoms with E-state index in [1.807, 2.05) is 12.3 Å². The van der Waals surface area contributed by atoms with E-state index in [2.05, 4.69) is 174 Å². The predicted molar refractivity (Wildman–Crippen MR) is 181 cm³/mol. The van der Waals surface area contributed by atoms with Gasteiger partial charge in [0.2, 0.25) is 0 Å². The molecule has 0 N–H and O–H groups in total. The van der Waals surface area contributed by atoms with Gasteiger partial charge in [-0.2, -0.15) is 0 Å². The van der Waals surface area contributed by atoms with Crippen LogP contribution in [-0.4, -0.2) is 4.98 Å². The summed E-state index contributed by atoms with van der Waals surface area (Å²) in [7, 11) is 0. The molecule has 0 saturated carbocycles. The zero-order valence-corrected chi connectivity index (χ0v) is 23.7. The monoisotopic (exact) mass is 550 g/mol. The number of nitrogens with zero attached hydrogens (tertiary/aromatic N) is 2. The van der Waals surface area contributed by atoms with Crippen LogP contribution in [0.1, 0.15) is 0 Å². The molecule has 0 aliphatic rings. The standard InChI is InChI=1S/C41H30N2/c1-3-8-31(9-4-1)33-13-15-34(16-14-33)36-19-25-40(26-20-36)43(39-23-17-35(18-24-39)32-10-5-2-6-11-32)41-27-21-37(22-28-41)38-12-7-29-42-30-38/h1-30H. The van der Waals surface area contributed by atoms with E-state index in [1.165, 1.54) is 33.4 Å². The summed E-state index contributed by atoms with van der Waals surface area (Å²) in [6, 6.07) is 60.2. The average Bonchev–Trinajstić information content (AvgIpc) is 3.11.